The number of rotatable bonds is 4. The zero-order valence-corrected chi connectivity index (χ0v) is 14.9. The molecule has 1 aromatic heterocycles. The fourth-order valence-corrected chi connectivity index (χ4v) is 3.19. The molecule has 0 N–H and O–H groups in total. The molecule has 0 unspecified atom stereocenters. The van der Waals surface area contributed by atoms with Gasteiger partial charge in [0.2, 0.25) is 5.89 Å². The van der Waals surface area contributed by atoms with Gasteiger partial charge in [0.05, 0.1) is 6.54 Å². The van der Waals surface area contributed by atoms with Crippen molar-refractivity contribution in [1.29, 1.82) is 0 Å². The average Bonchev–Trinajstić information content (AvgIpc) is 3.37. The number of piperazine rings is 1. The van der Waals surface area contributed by atoms with Gasteiger partial charge in [-0.05, 0) is 49.9 Å². The molecule has 2 heterocycles. The fourth-order valence-electron chi connectivity index (χ4n) is 3.19. The molecular weight excluding hydrogens is 316 g/mol. The van der Waals surface area contributed by atoms with Crippen LogP contribution in [0.5, 0.6) is 0 Å². The van der Waals surface area contributed by atoms with Crippen LogP contribution in [0.15, 0.2) is 22.7 Å². The Bertz CT molecular complexity index is 773. The molecule has 1 aliphatic carbocycles. The largest absolute Gasteiger partial charge is 0.339 e. The molecule has 1 aromatic carbocycles. The summed E-state index contributed by atoms with van der Waals surface area (Å²) in [5.41, 5.74) is 3.16. The zero-order chi connectivity index (χ0) is 17.4. The first kappa shape index (κ1) is 16.3. The summed E-state index contributed by atoms with van der Waals surface area (Å²) in [5.74, 6) is 2.17. The van der Waals surface area contributed by atoms with Gasteiger partial charge in [-0.1, -0.05) is 11.2 Å². The predicted octanol–water partition coefficient (Wildman–Crippen LogP) is 2.52. The maximum Gasteiger partial charge on any atom is 0.253 e. The topological polar surface area (TPSA) is 62.5 Å². The van der Waals surface area contributed by atoms with E-state index in [-0.39, 0.29) is 5.91 Å². The lowest BCUT2D eigenvalue weighted by molar-refractivity contribution is 0.0624. The molecule has 6 heteroatoms. The van der Waals surface area contributed by atoms with Gasteiger partial charge in [-0.25, -0.2) is 0 Å². The lowest BCUT2D eigenvalue weighted by Crippen LogP contribution is -2.48. The quantitative estimate of drug-likeness (QED) is 0.856. The van der Waals surface area contributed by atoms with Crippen LogP contribution in [0.1, 0.15) is 52.0 Å². The van der Waals surface area contributed by atoms with Crippen LogP contribution < -0.4 is 0 Å². The van der Waals surface area contributed by atoms with Gasteiger partial charge in [-0.2, -0.15) is 4.98 Å². The average molecular weight is 340 g/mol. The van der Waals surface area contributed by atoms with Gasteiger partial charge in [-0.3, -0.25) is 9.69 Å². The number of benzene rings is 1. The number of carbonyl (C=O) groups is 1. The standard InChI is InChI=1S/C19H24N4O2/c1-13-3-4-16(11-14(13)2)19(24)23-9-7-22(8-10-23)12-17-20-18(25-21-17)15-5-6-15/h3-4,11,15H,5-10,12H2,1-2H3. The molecular formula is C19H24N4O2. The van der Waals surface area contributed by atoms with E-state index in [9.17, 15) is 4.79 Å². The van der Waals surface area contributed by atoms with E-state index in [2.05, 4.69) is 22.0 Å². The number of amides is 1. The van der Waals surface area contributed by atoms with Crippen molar-refractivity contribution in [2.75, 3.05) is 26.2 Å². The van der Waals surface area contributed by atoms with E-state index < -0.39 is 0 Å². The molecule has 2 aromatic rings. The van der Waals surface area contributed by atoms with E-state index in [0.717, 1.165) is 49.0 Å². The summed E-state index contributed by atoms with van der Waals surface area (Å²) in [6.07, 6.45) is 2.34. The van der Waals surface area contributed by atoms with E-state index in [1.54, 1.807) is 0 Å². The third kappa shape index (κ3) is 3.58. The number of hydrogen-bond donors (Lipinski definition) is 0. The summed E-state index contributed by atoms with van der Waals surface area (Å²) in [7, 11) is 0. The number of nitrogens with zero attached hydrogens (tertiary/aromatic N) is 4. The number of carbonyl (C=O) groups excluding carboxylic acids is 1. The van der Waals surface area contributed by atoms with Crippen molar-refractivity contribution < 1.29 is 9.32 Å². The molecule has 1 saturated heterocycles. The highest BCUT2D eigenvalue weighted by Crippen LogP contribution is 2.38. The Morgan fingerprint density at radius 2 is 1.92 bits per heavy atom. The molecule has 0 atom stereocenters. The third-order valence-electron chi connectivity index (χ3n) is 5.19. The monoisotopic (exact) mass is 340 g/mol. The van der Waals surface area contributed by atoms with Crippen molar-refractivity contribution in [3.05, 3.63) is 46.6 Å². The zero-order valence-electron chi connectivity index (χ0n) is 14.9. The van der Waals surface area contributed by atoms with E-state index in [1.807, 2.05) is 30.0 Å². The highest BCUT2D eigenvalue weighted by Gasteiger charge is 2.30. The van der Waals surface area contributed by atoms with E-state index in [0.29, 0.717) is 12.5 Å². The highest BCUT2D eigenvalue weighted by atomic mass is 16.5. The van der Waals surface area contributed by atoms with Crippen molar-refractivity contribution in [2.45, 2.75) is 39.2 Å². The summed E-state index contributed by atoms with van der Waals surface area (Å²) in [5, 5.41) is 4.08. The van der Waals surface area contributed by atoms with Crippen molar-refractivity contribution in [2.24, 2.45) is 0 Å². The van der Waals surface area contributed by atoms with Crippen molar-refractivity contribution >= 4 is 5.91 Å². The second kappa shape index (κ2) is 6.59. The van der Waals surface area contributed by atoms with Gasteiger partial charge in [-0.15, -0.1) is 0 Å². The molecule has 25 heavy (non-hydrogen) atoms. The summed E-state index contributed by atoms with van der Waals surface area (Å²) in [6, 6.07) is 5.94. The van der Waals surface area contributed by atoms with Gasteiger partial charge in [0.15, 0.2) is 5.82 Å². The molecule has 1 saturated carbocycles. The summed E-state index contributed by atoms with van der Waals surface area (Å²) >= 11 is 0. The van der Waals surface area contributed by atoms with Gasteiger partial charge >= 0.3 is 0 Å². The molecule has 1 aliphatic heterocycles. The van der Waals surface area contributed by atoms with Gasteiger partial charge in [0, 0.05) is 37.7 Å². The van der Waals surface area contributed by atoms with Crippen molar-refractivity contribution in [3.63, 3.8) is 0 Å². The molecule has 2 aliphatic rings. The van der Waals surface area contributed by atoms with Gasteiger partial charge in [0.1, 0.15) is 0 Å². The van der Waals surface area contributed by atoms with Crippen LogP contribution in [-0.2, 0) is 6.54 Å². The van der Waals surface area contributed by atoms with Crippen LogP contribution in [0, 0.1) is 13.8 Å². The second-order valence-electron chi connectivity index (χ2n) is 7.19. The Balaban J connectivity index is 1.32. The smallest absolute Gasteiger partial charge is 0.253 e. The minimum atomic E-state index is 0.123. The summed E-state index contributed by atoms with van der Waals surface area (Å²) < 4.78 is 5.32. The Kier molecular flexibility index (Phi) is 4.29. The summed E-state index contributed by atoms with van der Waals surface area (Å²) in [4.78, 5) is 21.4. The Labute approximate surface area is 147 Å². The van der Waals surface area contributed by atoms with Crippen LogP contribution >= 0.6 is 0 Å². The first-order valence-corrected chi connectivity index (χ1v) is 9.01. The van der Waals surface area contributed by atoms with E-state index in [4.69, 9.17) is 4.52 Å². The predicted molar refractivity (Wildman–Crippen MR) is 93.4 cm³/mol. The first-order chi connectivity index (χ1) is 12.1. The first-order valence-electron chi connectivity index (χ1n) is 9.01. The minimum absolute atomic E-state index is 0.123. The van der Waals surface area contributed by atoms with E-state index in [1.165, 1.54) is 18.4 Å². The van der Waals surface area contributed by atoms with Crippen LogP contribution in [0.25, 0.3) is 0 Å². The second-order valence-corrected chi connectivity index (χ2v) is 7.19. The molecule has 132 valence electrons. The number of aryl methyl sites for hydroxylation is 2. The molecule has 4 rings (SSSR count). The maximum atomic E-state index is 12.7. The molecule has 6 nitrogen and oxygen atoms in total. The normalized spacial score (nSPS) is 18.6. The van der Waals surface area contributed by atoms with Gasteiger partial charge < -0.3 is 9.42 Å². The lowest BCUT2D eigenvalue weighted by atomic mass is 10.1. The molecule has 1 amide bonds. The molecule has 0 spiro atoms. The Morgan fingerprint density at radius 1 is 1.16 bits per heavy atom. The van der Waals surface area contributed by atoms with Crippen LogP contribution in [0.2, 0.25) is 0 Å². The van der Waals surface area contributed by atoms with Crippen LogP contribution in [0.3, 0.4) is 0 Å². The molecule has 0 radical (unpaired) electrons. The third-order valence-corrected chi connectivity index (χ3v) is 5.19. The number of hydrogen-bond acceptors (Lipinski definition) is 5. The minimum Gasteiger partial charge on any atom is -0.339 e. The fraction of sp³-hybridized carbons (Fsp3) is 0.526. The maximum absolute atomic E-state index is 12.7. The summed E-state index contributed by atoms with van der Waals surface area (Å²) in [6.45, 7) is 7.95. The van der Waals surface area contributed by atoms with Crippen molar-refractivity contribution in [1.82, 2.24) is 19.9 Å². The molecule has 0 bridgehead atoms. The van der Waals surface area contributed by atoms with Crippen molar-refractivity contribution in [3.8, 4) is 0 Å². The Hall–Kier alpha value is -2.21. The van der Waals surface area contributed by atoms with Crippen LogP contribution in [-0.4, -0.2) is 52.0 Å². The highest BCUT2D eigenvalue weighted by molar-refractivity contribution is 5.94. The van der Waals surface area contributed by atoms with E-state index >= 15 is 0 Å². The lowest BCUT2D eigenvalue weighted by Gasteiger charge is -2.34. The molecule has 2 fully saturated rings. The Morgan fingerprint density at radius 3 is 2.60 bits per heavy atom. The number of aromatic nitrogens is 2. The van der Waals surface area contributed by atoms with Gasteiger partial charge in [0.25, 0.3) is 5.91 Å². The SMILES string of the molecule is Cc1ccc(C(=O)N2CCN(Cc3noc(C4CC4)n3)CC2)cc1C. The van der Waals surface area contributed by atoms with Crippen LogP contribution in [0.4, 0.5) is 0 Å².